The van der Waals surface area contributed by atoms with E-state index in [-0.39, 0.29) is 11.4 Å². The summed E-state index contributed by atoms with van der Waals surface area (Å²) in [5.41, 5.74) is -0.376. The summed E-state index contributed by atoms with van der Waals surface area (Å²) in [6, 6.07) is 0.885. The molecular formula is C10H18N2O. The molecule has 1 saturated carbocycles. The summed E-state index contributed by atoms with van der Waals surface area (Å²) >= 11 is 0. The molecule has 1 amide bonds. The van der Waals surface area contributed by atoms with Gasteiger partial charge in [-0.25, -0.2) is 0 Å². The standard InChI is InChI=1S/C10H18N2O/c1-10(2)9(13)11-7-5-3-4-6-8(7)12-10/h7-8,12H,3-6H2,1-2H3,(H,11,13)/t7-,8-/m1/s1. The highest BCUT2D eigenvalue weighted by atomic mass is 16.2. The van der Waals surface area contributed by atoms with Crippen LogP contribution < -0.4 is 10.6 Å². The summed E-state index contributed by atoms with van der Waals surface area (Å²) in [5, 5.41) is 6.54. The van der Waals surface area contributed by atoms with Crippen molar-refractivity contribution in [3.63, 3.8) is 0 Å². The molecule has 1 aliphatic carbocycles. The molecule has 2 atom stereocenters. The van der Waals surface area contributed by atoms with Crippen molar-refractivity contribution < 1.29 is 4.79 Å². The van der Waals surface area contributed by atoms with Crippen LogP contribution in [-0.2, 0) is 4.79 Å². The molecule has 2 aliphatic rings. The van der Waals surface area contributed by atoms with Gasteiger partial charge < -0.3 is 5.32 Å². The van der Waals surface area contributed by atoms with Gasteiger partial charge in [-0.3, -0.25) is 10.1 Å². The van der Waals surface area contributed by atoms with Crippen LogP contribution in [0.15, 0.2) is 0 Å². The molecule has 0 radical (unpaired) electrons. The van der Waals surface area contributed by atoms with Crippen molar-refractivity contribution >= 4 is 5.91 Å². The van der Waals surface area contributed by atoms with Gasteiger partial charge in [-0.15, -0.1) is 0 Å². The maximum Gasteiger partial charge on any atom is 0.240 e. The topological polar surface area (TPSA) is 41.1 Å². The summed E-state index contributed by atoms with van der Waals surface area (Å²) in [7, 11) is 0. The minimum Gasteiger partial charge on any atom is -0.350 e. The monoisotopic (exact) mass is 182 g/mol. The highest BCUT2D eigenvalue weighted by Crippen LogP contribution is 2.24. The van der Waals surface area contributed by atoms with Crippen molar-refractivity contribution in [2.24, 2.45) is 0 Å². The van der Waals surface area contributed by atoms with Gasteiger partial charge in [-0.2, -0.15) is 0 Å². The molecule has 2 fully saturated rings. The predicted octanol–water partition coefficient (Wildman–Crippen LogP) is 0.796. The lowest BCUT2D eigenvalue weighted by atomic mass is 9.84. The summed E-state index contributed by atoms with van der Waals surface area (Å²) < 4.78 is 0. The van der Waals surface area contributed by atoms with Gasteiger partial charge in [0.2, 0.25) is 5.91 Å². The summed E-state index contributed by atoms with van der Waals surface area (Å²) in [5.74, 6) is 0.149. The molecule has 0 unspecified atom stereocenters. The number of rotatable bonds is 0. The molecular weight excluding hydrogens is 164 g/mol. The number of carbonyl (C=O) groups excluding carboxylic acids is 1. The fourth-order valence-corrected chi connectivity index (χ4v) is 2.35. The molecule has 1 heterocycles. The zero-order valence-electron chi connectivity index (χ0n) is 8.39. The van der Waals surface area contributed by atoms with E-state index in [2.05, 4.69) is 10.6 Å². The average molecular weight is 182 g/mol. The molecule has 2 N–H and O–H groups in total. The number of hydrogen-bond acceptors (Lipinski definition) is 2. The van der Waals surface area contributed by atoms with E-state index in [0.717, 1.165) is 6.42 Å². The minimum absolute atomic E-state index is 0.149. The summed E-state index contributed by atoms with van der Waals surface area (Å²) in [6.07, 6.45) is 4.89. The van der Waals surface area contributed by atoms with Crippen LogP contribution in [0.3, 0.4) is 0 Å². The van der Waals surface area contributed by atoms with E-state index < -0.39 is 0 Å². The Balaban J connectivity index is 2.10. The van der Waals surface area contributed by atoms with Gasteiger partial charge >= 0.3 is 0 Å². The number of nitrogens with one attached hydrogen (secondary N) is 2. The summed E-state index contributed by atoms with van der Waals surface area (Å²) in [6.45, 7) is 3.90. The molecule has 3 heteroatoms. The molecule has 74 valence electrons. The van der Waals surface area contributed by atoms with Crippen molar-refractivity contribution in [2.45, 2.75) is 57.2 Å². The summed E-state index contributed by atoms with van der Waals surface area (Å²) in [4.78, 5) is 11.6. The van der Waals surface area contributed by atoms with Crippen LogP contribution in [0.5, 0.6) is 0 Å². The molecule has 13 heavy (non-hydrogen) atoms. The lowest BCUT2D eigenvalue weighted by Crippen LogP contribution is -2.69. The van der Waals surface area contributed by atoms with Gasteiger partial charge in [-0.1, -0.05) is 12.8 Å². The van der Waals surface area contributed by atoms with Crippen LogP contribution >= 0.6 is 0 Å². The van der Waals surface area contributed by atoms with Gasteiger partial charge in [0.05, 0.1) is 5.54 Å². The third-order valence-electron chi connectivity index (χ3n) is 3.20. The second-order valence-corrected chi connectivity index (χ2v) is 4.74. The highest BCUT2D eigenvalue weighted by molar-refractivity contribution is 5.86. The van der Waals surface area contributed by atoms with E-state index in [0.29, 0.717) is 12.1 Å². The van der Waals surface area contributed by atoms with E-state index in [1.165, 1.54) is 19.3 Å². The van der Waals surface area contributed by atoms with Crippen molar-refractivity contribution in [1.82, 2.24) is 10.6 Å². The Morgan fingerprint density at radius 1 is 1.23 bits per heavy atom. The Hall–Kier alpha value is -0.570. The number of fused-ring (bicyclic) bond motifs is 1. The highest BCUT2D eigenvalue weighted by Gasteiger charge is 2.40. The third-order valence-corrected chi connectivity index (χ3v) is 3.20. The van der Waals surface area contributed by atoms with Gasteiger partial charge in [0.15, 0.2) is 0 Å². The quantitative estimate of drug-likeness (QED) is 0.581. The minimum atomic E-state index is -0.376. The van der Waals surface area contributed by atoms with Crippen molar-refractivity contribution in [2.75, 3.05) is 0 Å². The largest absolute Gasteiger partial charge is 0.350 e. The molecule has 0 spiro atoms. The van der Waals surface area contributed by atoms with Crippen LogP contribution in [0.2, 0.25) is 0 Å². The molecule has 3 nitrogen and oxygen atoms in total. The fourth-order valence-electron chi connectivity index (χ4n) is 2.35. The van der Waals surface area contributed by atoms with E-state index in [4.69, 9.17) is 0 Å². The second-order valence-electron chi connectivity index (χ2n) is 4.74. The van der Waals surface area contributed by atoms with Crippen LogP contribution in [0.4, 0.5) is 0 Å². The molecule has 0 bridgehead atoms. The van der Waals surface area contributed by atoms with E-state index in [1.54, 1.807) is 0 Å². The lowest BCUT2D eigenvalue weighted by molar-refractivity contribution is -0.130. The number of hydrogen-bond donors (Lipinski definition) is 2. The first kappa shape index (κ1) is 9.00. The fraction of sp³-hybridized carbons (Fsp3) is 0.900. The van der Waals surface area contributed by atoms with Crippen LogP contribution in [0.25, 0.3) is 0 Å². The van der Waals surface area contributed by atoms with Crippen LogP contribution in [-0.4, -0.2) is 23.5 Å². The normalized spacial score (nSPS) is 37.8. The van der Waals surface area contributed by atoms with Crippen molar-refractivity contribution in [3.05, 3.63) is 0 Å². The van der Waals surface area contributed by atoms with Crippen molar-refractivity contribution in [3.8, 4) is 0 Å². The van der Waals surface area contributed by atoms with Gasteiger partial charge in [-0.05, 0) is 26.7 Å². The SMILES string of the molecule is CC1(C)N[C@@H]2CCCC[C@H]2NC1=O. The average Bonchev–Trinajstić information content (AvgIpc) is 2.06. The third kappa shape index (κ3) is 1.57. The molecule has 2 rings (SSSR count). The number of amides is 1. The van der Waals surface area contributed by atoms with Crippen molar-refractivity contribution in [1.29, 1.82) is 0 Å². The zero-order valence-corrected chi connectivity index (χ0v) is 8.39. The Morgan fingerprint density at radius 2 is 1.85 bits per heavy atom. The molecule has 0 aromatic heterocycles. The Labute approximate surface area is 79.3 Å². The molecule has 1 aliphatic heterocycles. The smallest absolute Gasteiger partial charge is 0.240 e. The second kappa shape index (κ2) is 2.98. The zero-order chi connectivity index (χ0) is 9.47. The Kier molecular flexibility index (Phi) is 2.06. The number of carbonyl (C=O) groups is 1. The molecule has 0 aromatic carbocycles. The molecule has 1 saturated heterocycles. The van der Waals surface area contributed by atoms with Gasteiger partial charge in [0, 0.05) is 12.1 Å². The van der Waals surface area contributed by atoms with Crippen LogP contribution in [0, 0.1) is 0 Å². The maximum absolute atomic E-state index is 11.6. The molecule has 0 aromatic rings. The lowest BCUT2D eigenvalue weighted by Gasteiger charge is -2.44. The first-order valence-electron chi connectivity index (χ1n) is 5.18. The van der Waals surface area contributed by atoms with Crippen LogP contribution in [0.1, 0.15) is 39.5 Å². The maximum atomic E-state index is 11.6. The van der Waals surface area contributed by atoms with E-state index >= 15 is 0 Å². The van der Waals surface area contributed by atoms with Gasteiger partial charge in [0.25, 0.3) is 0 Å². The van der Waals surface area contributed by atoms with E-state index in [9.17, 15) is 4.79 Å². The first-order valence-corrected chi connectivity index (χ1v) is 5.18. The number of piperazine rings is 1. The first-order chi connectivity index (χ1) is 6.09. The Bertz CT molecular complexity index is 225. The van der Waals surface area contributed by atoms with Gasteiger partial charge in [0.1, 0.15) is 0 Å². The predicted molar refractivity (Wildman–Crippen MR) is 51.4 cm³/mol. The van der Waals surface area contributed by atoms with E-state index in [1.807, 2.05) is 13.8 Å². The Morgan fingerprint density at radius 3 is 2.54 bits per heavy atom.